The summed E-state index contributed by atoms with van der Waals surface area (Å²) in [6.07, 6.45) is 1.14. The van der Waals surface area contributed by atoms with Gasteiger partial charge in [-0.05, 0) is 47.0 Å². The summed E-state index contributed by atoms with van der Waals surface area (Å²) >= 11 is 0. The van der Waals surface area contributed by atoms with Crippen molar-refractivity contribution in [1.29, 1.82) is 0 Å². The minimum absolute atomic E-state index is 0.347. The number of hydrogen-bond donors (Lipinski definition) is 0. The number of rotatable bonds is 5. The molecule has 2 heteroatoms. The van der Waals surface area contributed by atoms with E-state index in [2.05, 4.69) is 58.8 Å². The average Bonchev–Trinajstić information content (AvgIpc) is 1.81. The van der Waals surface area contributed by atoms with Gasteiger partial charge in [0.05, 0.1) is 0 Å². The maximum absolute atomic E-state index is 4.14. The lowest BCUT2D eigenvalue weighted by molar-refractivity contribution is 0.178. The van der Waals surface area contributed by atoms with Crippen molar-refractivity contribution in [3.8, 4) is 0 Å². The van der Waals surface area contributed by atoms with E-state index in [0.29, 0.717) is 11.5 Å². The molecular formula is C11H25N2. The first-order valence-corrected chi connectivity index (χ1v) is 4.89. The van der Waals surface area contributed by atoms with E-state index >= 15 is 0 Å². The van der Waals surface area contributed by atoms with E-state index < -0.39 is 0 Å². The molecule has 1 atom stereocenters. The van der Waals surface area contributed by atoms with Crippen LogP contribution in [0, 0.1) is 12.3 Å². The van der Waals surface area contributed by atoms with Crippen molar-refractivity contribution in [1.82, 2.24) is 9.80 Å². The van der Waals surface area contributed by atoms with Crippen LogP contribution < -0.4 is 0 Å². The molecule has 0 aromatic rings. The van der Waals surface area contributed by atoms with Gasteiger partial charge < -0.3 is 9.80 Å². The van der Waals surface area contributed by atoms with Crippen molar-refractivity contribution < 1.29 is 0 Å². The van der Waals surface area contributed by atoms with Crippen LogP contribution in [0.4, 0.5) is 0 Å². The molecule has 1 radical (unpaired) electrons. The van der Waals surface area contributed by atoms with Crippen LogP contribution in [0.3, 0.4) is 0 Å². The van der Waals surface area contributed by atoms with Crippen LogP contribution in [0.25, 0.3) is 0 Å². The lowest BCUT2D eigenvalue weighted by Crippen LogP contribution is -2.36. The highest BCUT2D eigenvalue weighted by Gasteiger charge is 2.22. The Morgan fingerprint density at radius 1 is 1.15 bits per heavy atom. The zero-order valence-corrected chi connectivity index (χ0v) is 10.1. The molecule has 0 fully saturated rings. The molecule has 0 amide bonds. The molecule has 1 unspecified atom stereocenters. The fraction of sp³-hybridized carbons (Fsp3) is 0.909. The van der Waals surface area contributed by atoms with Crippen LogP contribution in [-0.2, 0) is 0 Å². The maximum atomic E-state index is 4.14. The van der Waals surface area contributed by atoms with E-state index in [9.17, 15) is 0 Å². The fourth-order valence-electron chi connectivity index (χ4n) is 1.74. The Balaban J connectivity index is 4.00. The lowest BCUT2D eigenvalue weighted by Gasteiger charge is -2.33. The Hall–Kier alpha value is -0.0800. The third-order valence-electron chi connectivity index (χ3n) is 2.26. The van der Waals surface area contributed by atoms with Gasteiger partial charge in [0, 0.05) is 12.6 Å². The average molecular weight is 185 g/mol. The van der Waals surface area contributed by atoms with Crippen molar-refractivity contribution in [3.05, 3.63) is 6.92 Å². The summed E-state index contributed by atoms with van der Waals surface area (Å²) in [4.78, 5) is 4.42. The summed E-state index contributed by atoms with van der Waals surface area (Å²) in [7, 11) is 8.41. The molecule has 0 bridgehead atoms. The highest BCUT2D eigenvalue weighted by atomic mass is 15.1. The molecule has 13 heavy (non-hydrogen) atoms. The van der Waals surface area contributed by atoms with E-state index in [-0.39, 0.29) is 0 Å². The van der Waals surface area contributed by atoms with Crippen LogP contribution in [0.5, 0.6) is 0 Å². The second-order valence-corrected chi connectivity index (χ2v) is 5.22. The van der Waals surface area contributed by atoms with E-state index in [1.807, 2.05) is 0 Å². The molecule has 0 saturated heterocycles. The summed E-state index contributed by atoms with van der Waals surface area (Å²) in [5.74, 6) is 0. The van der Waals surface area contributed by atoms with Gasteiger partial charge >= 0.3 is 0 Å². The SMILES string of the molecule is [CH2]C(CC(C)(C)CN(C)C)N(C)C. The highest BCUT2D eigenvalue weighted by molar-refractivity contribution is 4.80. The maximum Gasteiger partial charge on any atom is 0.00953 e. The molecule has 79 valence electrons. The second-order valence-electron chi connectivity index (χ2n) is 5.22. The molecule has 0 aromatic carbocycles. The molecule has 0 aliphatic carbocycles. The van der Waals surface area contributed by atoms with Gasteiger partial charge in [0.1, 0.15) is 0 Å². The normalized spacial score (nSPS) is 15.5. The molecular weight excluding hydrogens is 160 g/mol. The van der Waals surface area contributed by atoms with Crippen LogP contribution in [0.15, 0.2) is 0 Å². The zero-order valence-electron chi connectivity index (χ0n) is 10.1. The van der Waals surface area contributed by atoms with Gasteiger partial charge in [-0.3, -0.25) is 0 Å². The van der Waals surface area contributed by atoms with E-state index in [4.69, 9.17) is 0 Å². The predicted molar refractivity (Wildman–Crippen MR) is 59.8 cm³/mol. The number of hydrogen-bond acceptors (Lipinski definition) is 2. The molecule has 0 rings (SSSR count). The third kappa shape index (κ3) is 6.05. The summed E-state index contributed by atoms with van der Waals surface area (Å²) in [6, 6.07) is 0.412. The minimum atomic E-state index is 0.347. The van der Waals surface area contributed by atoms with Crippen molar-refractivity contribution in [2.24, 2.45) is 5.41 Å². The Labute approximate surface area is 83.9 Å². The smallest absolute Gasteiger partial charge is 0.00953 e. The van der Waals surface area contributed by atoms with Gasteiger partial charge in [-0.2, -0.15) is 0 Å². The summed E-state index contributed by atoms with van der Waals surface area (Å²) < 4.78 is 0. The minimum Gasteiger partial charge on any atom is -0.309 e. The van der Waals surface area contributed by atoms with Crippen molar-refractivity contribution in [2.45, 2.75) is 26.3 Å². The molecule has 0 heterocycles. The van der Waals surface area contributed by atoms with Crippen LogP contribution >= 0.6 is 0 Å². The third-order valence-corrected chi connectivity index (χ3v) is 2.26. The monoisotopic (exact) mass is 185 g/mol. The first kappa shape index (κ1) is 12.9. The molecule has 2 nitrogen and oxygen atoms in total. The van der Waals surface area contributed by atoms with Gasteiger partial charge in [-0.1, -0.05) is 13.8 Å². The lowest BCUT2D eigenvalue weighted by atomic mass is 9.85. The van der Waals surface area contributed by atoms with Crippen molar-refractivity contribution in [3.63, 3.8) is 0 Å². The first-order chi connectivity index (χ1) is 5.74. The molecule has 0 N–H and O–H groups in total. The topological polar surface area (TPSA) is 6.48 Å². The zero-order chi connectivity index (χ0) is 10.6. The summed E-state index contributed by atoms with van der Waals surface area (Å²) in [5, 5.41) is 0. The fourth-order valence-corrected chi connectivity index (χ4v) is 1.74. The number of nitrogens with zero attached hydrogens (tertiary/aromatic N) is 2. The van der Waals surface area contributed by atoms with E-state index in [0.717, 1.165) is 13.0 Å². The summed E-state index contributed by atoms with van der Waals surface area (Å²) in [6.45, 7) is 9.86. The Morgan fingerprint density at radius 2 is 1.62 bits per heavy atom. The van der Waals surface area contributed by atoms with Gasteiger partial charge in [-0.25, -0.2) is 0 Å². The van der Waals surface area contributed by atoms with Gasteiger partial charge in [-0.15, -0.1) is 0 Å². The predicted octanol–water partition coefficient (Wildman–Crippen LogP) is 1.73. The Bertz CT molecular complexity index is 139. The van der Waals surface area contributed by atoms with Crippen LogP contribution in [-0.4, -0.2) is 50.6 Å². The summed E-state index contributed by atoms with van der Waals surface area (Å²) in [5.41, 5.74) is 0.347. The van der Waals surface area contributed by atoms with Gasteiger partial charge in [0.2, 0.25) is 0 Å². The quantitative estimate of drug-likeness (QED) is 0.643. The molecule has 0 aliphatic heterocycles. The van der Waals surface area contributed by atoms with Crippen molar-refractivity contribution in [2.75, 3.05) is 34.7 Å². The first-order valence-electron chi connectivity index (χ1n) is 4.89. The molecule has 0 aromatic heterocycles. The van der Waals surface area contributed by atoms with E-state index in [1.165, 1.54) is 0 Å². The van der Waals surface area contributed by atoms with Crippen LogP contribution in [0.1, 0.15) is 20.3 Å². The molecule has 0 spiro atoms. The van der Waals surface area contributed by atoms with Gasteiger partial charge in [0.25, 0.3) is 0 Å². The van der Waals surface area contributed by atoms with Gasteiger partial charge in [0.15, 0.2) is 0 Å². The molecule has 0 aliphatic rings. The Morgan fingerprint density at radius 3 is 1.92 bits per heavy atom. The van der Waals surface area contributed by atoms with Crippen molar-refractivity contribution >= 4 is 0 Å². The molecule has 0 saturated carbocycles. The Kier molecular flexibility index (Phi) is 4.93. The second kappa shape index (κ2) is 4.97. The largest absolute Gasteiger partial charge is 0.309 e. The van der Waals surface area contributed by atoms with E-state index in [1.54, 1.807) is 0 Å². The highest BCUT2D eigenvalue weighted by Crippen LogP contribution is 2.24. The standard InChI is InChI=1S/C11H25N2/c1-10(13(6)7)8-11(2,3)9-12(4)5/h10H,1,8-9H2,2-7H3. The van der Waals surface area contributed by atoms with Crippen LogP contribution in [0.2, 0.25) is 0 Å².